The number of rotatable bonds is 43. The molecule has 0 aliphatic carbocycles. The zero-order valence-electron chi connectivity index (χ0n) is 42.6. The first-order chi connectivity index (χ1) is 33.1. The number of allylic oxidation sites excluding steroid dienone is 3. The van der Waals surface area contributed by atoms with Gasteiger partial charge in [0.1, 0.15) is 48.8 Å². The number of hydrogen-bond donors (Lipinski definition) is 9. The standard InChI is InChI=1S/C54H101NO13/c1-3-5-7-9-11-13-15-17-19-20-21-22-23-24-26-28-30-32-34-36-38-46(59)55-42(43(58)37-35-33-31-29-27-25-18-16-14-12-10-8-6-4-2)41-65-53-51(64)49(62)52(45(40-57)67-53)68-54-50(63)48(61)47(60)44(39-56)66-54/h27,29,35,37,42-45,47-54,56-58,60-64H,3-26,28,30-34,36,38-41H2,1-2H3,(H,55,59)/b29-27+,37-35+. The van der Waals surface area contributed by atoms with E-state index in [2.05, 4.69) is 31.3 Å². The predicted molar refractivity (Wildman–Crippen MR) is 268 cm³/mol. The maximum Gasteiger partial charge on any atom is 0.220 e. The van der Waals surface area contributed by atoms with Gasteiger partial charge in [-0.05, 0) is 32.1 Å². The van der Waals surface area contributed by atoms with E-state index in [4.69, 9.17) is 18.9 Å². The largest absolute Gasteiger partial charge is 0.394 e. The Morgan fingerprint density at radius 2 is 0.941 bits per heavy atom. The van der Waals surface area contributed by atoms with Crippen molar-refractivity contribution >= 4 is 5.91 Å². The number of carbonyl (C=O) groups excluding carboxylic acids is 1. The van der Waals surface area contributed by atoms with E-state index in [9.17, 15) is 45.6 Å². The predicted octanol–water partition coefficient (Wildman–Crippen LogP) is 8.11. The van der Waals surface area contributed by atoms with Gasteiger partial charge in [-0.25, -0.2) is 0 Å². The van der Waals surface area contributed by atoms with Crippen molar-refractivity contribution in [2.75, 3.05) is 19.8 Å². The second-order valence-corrected chi connectivity index (χ2v) is 19.7. The molecule has 12 atom stereocenters. The molecule has 2 aliphatic rings. The first kappa shape index (κ1) is 62.6. The lowest BCUT2D eigenvalue weighted by Crippen LogP contribution is -2.65. The molecule has 2 fully saturated rings. The molecule has 14 heteroatoms. The Morgan fingerprint density at radius 3 is 1.44 bits per heavy atom. The van der Waals surface area contributed by atoms with E-state index >= 15 is 0 Å². The first-order valence-corrected chi connectivity index (χ1v) is 27.6. The van der Waals surface area contributed by atoms with E-state index in [0.717, 1.165) is 32.1 Å². The van der Waals surface area contributed by atoms with Crippen LogP contribution in [0.2, 0.25) is 0 Å². The third-order valence-corrected chi connectivity index (χ3v) is 13.6. The molecule has 0 saturated carbocycles. The SMILES string of the molecule is CCCCCCCCCC/C=C/CC/C=C/C(O)C(COC1OC(CO)C(OC2OC(CO)C(O)C(O)C2O)C(O)C1O)NC(=O)CCCCCCCCCCCCCCCCCCCCCC. The minimum absolute atomic E-state index is 0.247. The second kappa shape index (κ2) is 41.0. The van der Waals surface area contributed by atoms with Crippen molar-refractivity contribution in [2.24, 2.45) is 0 Å². The summed E-state index contributed by atoms with van der Waals surface area (Å²) in [6, 6.07) is -0.926. The molecule has 1 amide bonds. The van der Waals surface area contributed by atoms with Crippen LogP contribution in [-0.2, 0) is 23.7 Å². The van der Waals surface area contributed by atoms with E-state index in [1.807, 2.05) is 6.08 Å². The van der Waals surface area contributed by atoms with Crippen molar-refractivity contribution in [3.8, 4) is 0 Å². The number of aliphatic hydroxyl groups excluding tert-OH is 8. The van der Waals surface area contributed by atoms with Crippen molar-refractivity contribution in [3.05, 3.63) is 24.3 Å². The zero-order chi connectivity index (χ0) is 49.6. The summed E-state index contributed by atoms with van der Waals surface area (Å²) in [7, 11) is 0. The number of aliphatic hydroxyl groups is 8. The molecule has 0 aromatic rings. The summed E-state index contributed by atoms with van der Waals surface area (Å²) in [5, 5.41) is 86.8. The van der Waals surface area contributed by atoms with E-state index < -0.39 is 86.8 Å². The lowest BCUT2D eigenvalue weighted by Gasteiger charge is -2.46. The maximum absolute atomic E-state index is 13.2. The van der Waals surface area contributed by atoms with E-state index in [1.165, 1.54) is 154 Å². The fourth-order valence-corrected chi connectivity index (χ4v) is 9.13. The van der Waals surface area contributed by atoms with Gasteiger partial charge in [-0.1, -0.05) is 205 Å². The highest BCUT2D eigenvalue weighted by Gasteiger charge is 2.51. The van der Waals surface area contributed by atoms with Gasteiger partial charge in [-0.2, -0.15) is 0 Å². The van der Waals surface area contributed by atoms with Gasteiger partial charge in [0.05, 0.1) is 32.0 Å². The molecule has 2 saturated heterocycles. The van der Waals surface area contributed by atoms with Gasteiger partial charge in [-0.3, -0.25) is 4.79 Å². The van der Waals surface area contributed by atoms with Gasteiger partial charge in [0, 0.05) is 6.42 Å². The van der Waals surface area contributed by atoms with E-state index in [0.29, 0.717) is 12.8 Å². The smallest absolute Gasteiger partial charge is 0.220 e. The Hall–Kier alpha value is -1.53. The van der Waals surface area contributed by atoms with Crippen LogP contribution in [0, 0.1) is 0 Å². The highest BCUT2D eigenvalue weighted by molar-refractivity contribution is 5.76. The van der Waals surface area contributed by atoms with Gasteiger partial charge in [0.2, 0.25) is 5.91 Å². The monoisotopic (exact) mass is 972 g/mol. The molecule has 2 heterocycles. The maximum atomic E-state index is 13.2. The van der Waals surface area contributed by atoms with Crippen molar-refractivity contribution in [2.45, 2.75) is 293 Å². The molecule has 14 nitrogen and oxygen atoms in total. The van der Waals surface area contributed by atoms with Crippen molar-refractivity contribution in [1.29, 1.82) is 0 Å². The summed E-state index contributed by atoms with van der Waals surface area (Å²) in [5.74, 6) is -0.247. The molecule has 9 N–H and O–H groups in total. The summed E-state index contributed by atoms with van der Waals surface area (Å²) < 4.78 is 22.7. The van der Waals surface area contributed by atoms with Crippen LogP contribution in [0.1, 0.15) is 219 Å². The molecule has 0 aromatic carbocycles. The average Bonchev–Trinajstić information content (AvgIpc) is 3.34. The third kappa shape index (κ3) is 27.3. The van der Waals surface area contributed by atoms with Gasteiger partial charge >= 0.3 is 0 Å². The van der Waals surface area contributed by atoms with Crippen LogP contribution < -0.4 is 5.32 Å². The van der Waals surface area contributed by atoms with Gasteiger partial charge in [0.15, 0.2) is 12.6 Å². The molecule has 0 aromatic heterocycles. The molecule has 400 valence electrons. The molecule has 68 heavy (non-hydrogen) atoms. The summed E-state index contributed by atoms with van der Waals surface area (Å²) in [6.45, 7) is 2.78. The van der Waals surface area contributed by atoms with E-state index in [1.54, 1.807) is 6.08 Å². The number of hydrogen-bond acceptors (Lipinski definition) is 13. The Labute approximate surface area is 411 Å². The van der Waals surface area contributed by atoms with Crippen molar-refractivity contribution < 1.29 is 64.6 Å². The van der Waals surface area contributed by atoms with Crippen LogP contribution in [0.5, 0.6) is 0 Å². The van der Waals surface area contributed by atoms with Crippen LogP contribution in [0.15, 0.2) is 24.3 Å². The molecular formula is C54H101NO13. The molecular weight excluding hydrogens is 871 g/mol. The van der Waals surface area contributed by atoms with E-state index in [-0.39, 0.29) is 18.9 Å². The fraction of sp³-hybridized carbons (Fsp3) is 0.907. The lowest BCUT2D eigenvalue weighted by atomic mass is 9.97. The molecule has 0 bridgehead atoms. The summed E-state index contributed by atoms with van der Waals surface area (Å²) >= 11 is 0. The number of unbranched alkanes of at least 4 members (excludes halogenated alkanes) is 28. The normalized spacial score (nSPS) is 26.5. The lowest BCUT2D eigenvalue weighted by molar-refractivity contribution is -0.359. The topological polar surface area (TPSA) is 228 Å². The minimum Gasteiger partial charge on any atom is -0.394 e. The summed E-state index contributed by atoms with van der Waals surface area (Å²) in [6.07, 6.45) is 29.3. The molecule has 0 radical (unpaired) electrons. The zero-order valence-corrected chi connectivity index (χ0v) is 42.6. The number of ether oxygens (including phenoxy) is 4. The van der Waals surface area contributed by atoms with Gasteiger partial charge in [-0.15, -0.1) is 0 Å². The number of amides is 1. The molecule has 0 spiro atoms. The Balaban J connectivity index is 1.80. The highest BCUT2D eigenvalue weighted by Crippen LogP contribution is 2.30. The quantitative estimate of drug-likeness (QED) is 0.0208. The van der Waals surface area contributed by atoms with Crippen molar-refractivity contribution in [1.82, 2.24) is 5.32 Å². The summed E-state index contributed by atoms with van der Waals surface area (Å²) in [5.41, 5.74) is 0. The molecule has 2 rings (SSSR count). The second-order valence-electron chi connectivity index (χ2n) is 19.7. The number of nitrogens with one attached hydrogen (secondary N) is 1. The minimum atomic E-state index is -1.79. The Bertz CT molecular complexity index is 1240. The summed E-state index contributed by atoms with van der Waals surface area (Å²) in [4.78, 5) is 13.2. The Morgan fingerprint density at radius 1 is 0.515 bits per heavy atom. The Kier molecular flexibility index (Phi) is 37.7. The molecule has 12 unspecified atom stereocenters. The van der Waals surface area contributed by atoms with Gasteiger partial charge in [0.25, 0.3) is 0 Å². The average molecular weight is 972 g/mol. The molecule has 2 aliphatic heterocycles. The highest BCUT2D eigenvalue weighted by atomic mass is 16.7. The number of carbonyl (C=O) groups is 1. The fourth-order valence-electron chi connectivity index (χ4n) is 9.13. The van der Waals surface area contributed by atoms with Crippen LogP contribution in [-0.4, -0.2) is 140 Å². The third-order valence-electron chi connectivity index (χ3n) is 13.6. The van der Waals surface area contributed by atoms with Gasteiger partial charge < -0.3 is 65.1 Å². The van der Waals surface area contributed by atoms with Crippen molar-refractivity contribution in [3.63, 3.8) is 0 Å². The first-order valence-electron chi connectivity index (χ1n) is 27.6. The van der Waals surface area contributed by atoms with Crippen LogP contribution in [0.25, 0.3) is 0 Å². The van der Waals surface area contributed by atoms with Crippen LogP contribution in [0.4, 0.5) is 0 Å². The van der Waals surface area contributed by atoms with Crippen LogP contribution >= 0.6 is 0 Å². The van der Waals surface area contributed by atoms with Crippen LogP contribution in [0.3, 0.4) is 0 Å².